The average Bonchev–Trinajstić information content (AvgIpc) is 3.09. The third-order valence-corrected chi connectivity index (χ3v) is 4.80. The van der Waals surface area contributed by atoms with Crippen LogP contribution in [0.4, 0.5) is 15.9 Å². The Balaban J connectivity index is 1.92. The summed E-state index contributed by atoms with van der Waals surface area (Å²) < 4.78 is 26.4. The molecule has 0 aliphatic heterocycles. The lowest BCUT2D eigenvalue weighted by Crippen LogP contribution is -2.00. The van der Waals surface area contributed by atoms with Gasteiger partial charge in [0.1, 0.15) is 17.2 Å². The smallest absolute Gasteiger partial charge is 0.194 e. The molecule has 4 rings (SSSR count). The lowest BCUT2D eigenvalue weighted by molar-refractivity contribution is 0.357. The van der Waals surface area contributed by atoms with Gasteiger partial charge in [0.25, 0.3) is 0 Å². The van der Waals surface area contributed by atoms with E-state index in [-0.39, 0.29) is 11.5 Å². The van der Waals surface area contributed by atoms with Crippen molar-refractivity contribution < 1.29 is 24.1 Å². The molecule has 30 heavy (non-hydrogen) atoms. The van der Waals surface area contributed by atoms with E-state index in [0.717, 1.165) is 5.69 Å². The van der Waals surface area contributed by atoms with E-state index >= 15 is 0 Å². The Morgan fingerprint density at radius 2 is 1.77 bits per heavy atom. The largest absolute Gasteiger partial charge is 0.504 e. The second-order valence-electron chi connectivity index (χ2n) is 6.69. The first-order chi connectivity index (χ1) is 14.4. The number of hydrogen-bond donors (Lipinski definition) is 3. The molecule has 0 aliphatic rings. The Hall–Kier alpha value is -3.94. The Morgan fingerprint density at radius 1 is 1.00 bits per heavy atom. The maximum atomic E-state index is 14.3. The minimum Gasteiger partial charge on any atom is -0.504 e. The van der Waals surface area contributed by atoms with E-state index in [0.29, 0.717) is 34.2 Å². The van der Waals surface area contributed by atoms with Gasteiger partial charge in [-0.2, -0.15) is 0 Å². The number of phenols is 2. The molecule has 4 aromatic rings. The van der Waals surface area contributed by atoms with E-state index in [1.165, 1.54) is 32.4 Å². The zero-order valence-electron chi connectivity index (χ0n) is 16.6. The maximum absolute atomic E-state index is 14.3. The number of fused-ring (bicyclic) bond motifs is 1. The third kappa shape index (κ3) is 3.22. The Labute approximate surface area is 172 Å². The molecular formula is C22H20FN3O4. The van der Waals surface area contributed by atoms with Crippen molar-refractivity contribution in [2.45, 2.75) is 6.92 Å². The van der Waals surface area contributed by atoms with E-state index in [4.69, 9.17) is 9.47 Å². The highest BCUT2D eigenvalue weighted by molar-refractivity contribution is 5.81. The van der Waals surface area contributed by atoms with Crippen LogP contribution in [0.1, 0.15) is 5.69 Å². The van der Waals surface area contributed by atoms with Crippen molar-refractivity contribution in [1.29, 1.82) is 0 Å². The van der Waals surface area contributed by atoms with Crippen molar-refractivity contribution in [1.82, 2.24) is 9.38 Å². The molecule has 0 fully saturated rings. The quantitative estimate of drug-likeness (QED) is 0.446. The number of aromatic nitrogens is 2. The van der Waals surface area contributed by atoms with E-state index in [9.17, 15) is 14.6 Å². The highest BCUT2D eigenvalue weighted by atomic mass is 19.1. The average molecular weight is 409 g/mol. The zero-order valence-corrected chi connectivity index (χ0v) is 16.6. The lowest BCUT2D eigenvalue weighted by atomic mass is 10.1. The minimum atomic E-state index is -0.814. The maximum Gasteiger partial charge on any atom is 0.194 e. The number of benzene rings is 2. The second kappa shape index (κ2) is 7.47. The number of phenolic OH excluding ortho intramolecular Hbond substituents is 2. The van der Waals surface area contributed by atoms with Crippen LogP contribution in [-0.2, 0) is 0 Å². The normalized spacial score (nSPS) is 10.9. The fraction of sp³-hybridized carbons (Fsp3) is 0.136. The number of pyridine rings is 1. The number of imidazole rings is 1. The van der Waals surface area contributed by atoms with Gasteiger partial charge in [-0.05, 0) is 43.3 Å². The SMILES string of the molecule is COc1ccc(Nc2c(-c3cc(F)c(O)c(OC)c3)nc3cccc(C)n23)cc1O. The lowest BCUT2D eigenvalue weighted by Gasteiger charge is -2.13. The molecule has 0 bridgehead atoms. The molecule has 154 valence electrons. The first-order valence-corrected chi connectivity index (χ1v) is 9.12. The number of nitrogens with one attached hydrogen (secondary N) is 1. The first kappa shape index (κ1) is 19.4. The molecule has 0 unspecified atom stereocenters. The number of rotatable bonds is 5. The molecule has 2 aromatic carbocycles. The van der Waals surface area contributed by atoms with Crippen molar-refractivity contribution in [3.63, 3.8) is 0 Å². The van der Waals surface area contributed by atoms with E-state index in [1.807, 2.05) is 29.5 Å². The van der Waals surface area contributed by atoms with Gasteiger partial charge in [0.05, 0.1) is 14.2 Å². The van der Waals surface area contributed by atoms with E-state index < -0.39 is 11.6 Å². The molecule has 7 nitrogen and oxygen atoms in total. The number of ether oxygens (including phenoxy) is 2. The number of aromatic hydroxyl groups is 2. The Kier molecular flexibility index (Phi) is 4.83. The minimum absolute atomic E-state index is 0.00631. The van der Waals surface area contributed by atoms with E-state index in [1.54, 1.807) is 12.1 Å². The first-order valence-electron chi connectivity index (χ1n) is 9.12. The summed E-state index contributed by atoms with van der Waals surface area (Å²) in [6, 6.07) is 13.3. The standard InChI is InChI=1S/C22H20FN3O4/c1-12-5-4-6-19-25-20(13-9-15(23)21(28)18(10-13)30-3)22(26(12)19)24-14-7-8-17(29-2)16(27)11-14/h4-11,24,27-28H,1-3H3. The molecule has 2 aromatic heterocycles. The molecule has 8 heteroatoms. The topological polar surface area (TPSA) is 88.2 Å². The number of nitrogens with zero attached hydrogens (tertiary/aromatic N) is 2. The predicted octanol–water partition coefficient (Wildman–Crippen LogP) is 4.62. The summed E-state index contributed by atoms with van der Waals surface area (Å²) in [6.45, 7) is 1.92. The van der Waals surface area contributed by atoms with Crippen LogP contribution in [0.5, 0.6) is 23.0 Å². The second-order valence-corrected chi connectivity index (χ2v) is 6.69. The van der Waals surface area contributed by atoms with Crippen molar-refractivity contribution in [2.75, 3.05) is 19.5 Å². The Morgan fingerprint density at radius 3 is 2.47 bits per heavy atom. The Bertz CT molecular complexity index is 1250. The summed E-state index contributed by atoms with van der Waals surface area (Å²) in [5.41, 5.74) is 3.02. The molecule has 0 radical (unpaired) electrons. The molecular weight excluding hydrogens is 389 g/mol. The molecule has 0 atom stereocenters. The summed E-state index contributed by atoms with van der Waals surface area (Å²) >= 11 is 0. The monoisotopic (exact) mass is 409 g/mol. The van der Waals surface area contributed by atoms with Gasteiger partial charge in [0.2, 0.25) is 0 Å². The van der Waals surface area contributed by atoms with Crippen LogP contribution >= 0.6 is 0 Å². The third-order valence-electron chi connectivity index (χ3n) is 4.80. The van der Waals surface area contributed by atoms with Gasteiger partial charge in [-0.25, -0.2) is 9.37 Å². The highest BCUT2D eigenvalue weighted by Gasteiger charge is 2.20. The van der Waals surface area contributed by atoms with Gasteiger partial charge in [-0.1, -0.05) is 6.07 Å². The molecule has 2 heterocycles. The van der Waals surface area contributed by atoms with Crippen molar-refractivity contribution >= 4 is 17.2 Å². The number of methoxy groups -OCH3 is 2. The van der Waals surface area contributed by atoms with Crippen LogP contribution in [0, 0.1) is 12.7 Å². The molecule has 0 saturated heterocycles. The van der Waals surface area contributed by atoms with Crippen molar-refractivity contribution in [3.8, 4) is 34.3 Å². The van der Waals surface area contributed by atoms with Gasteiger partial charge in [0, 0.05) is 23.0 Å². The predicted molar refractivity (Wildman–Crippen MR) is 111 cm³/mol. The van der Waals surface area contributed by atoms with Gasteiger partial charge in [0.15, 0.2) is 28.8 Å². The summed E-state index contributed by atoms with van der Waals surface area (Å²) in [4.78, 5) is 4.65. The summed E-state index contributed by atoms with van der Waals surface area (Å²) in [6.07, 6.45) is 0. The van der Waals surface area contributed by atoms with Gasteiger partial charge in [-0.15, -0.1) is 0 Å². The van der Waals surface area contributed by atoms with E-state index in [2.05, 4.69) is 10.3 Å². The van der Waals surface area contributed by atoms with Crippen LogP contribution in [0.15, 0.2) is 48.5 Å². The molecule has 0 saturated carbocycles. The molecule has 0 spiro atoms. The highest BCUT2D eigenvalue weighted by Crippen LogP contribution is 2.39. The summed E-state index contributed by atoms with van der Waals surface area (Å²) in [7, 11) is 2.83. The number of hydrogen-bond acceptors (Lipinski definition) is 6. The van der Waals surface area contributed by atoms with Crippen LogP contribution < -0.4 is 14.8 Å². The zero-order chi connectivity index (χ0) is 21.4. The summed E-state index contributed by atoms with van der Waals surface area (Å²) in [5, 5.41) is 23.2. The fourth-order valence-electron chi connectivity index (χ4n) is 3.34. The van der Waals surface area contributed by atoms with Gasteiger partial charge in [-0.3, -0.25) is 4.40 Å². The number of anilines is 2. The van der Waals surface area contributed by atoms with Crippen molar-refractivity contribution in [2.24, 2.45) is 0 Å². The van der Waals surface area contributed by atoms with Gasteiger partial charge >= 0.3 is 0 Å². The van der Waals surface area contributed by atoms with Crippen LogP contribution in [0.25, 0.3) is 16.9 Å². The molecule has 3 N–H and O–H groups in total. The van der Waals surface area contributed by atoms with Crippen LogP contribution in [0.3, 0.4) is 0 Å². The van der Waals surface area contributed by atoms with Gasteiger partial charge < -0.3 is 25.0 Å². The fourth-order valence-corrected chi connectivity index (χ4v) is 3.34. The van der Waals surface area contributed by atoms with Crippen LogP contribution in [-0.4, -0.2) is 33.8 Å². The molecule has 0 aliphatic carbocycles. The number of aryl methyl sites for hydroxylation is 1. The summed E-state index contributed by atoms with van der Waals surface area (Å²) in [5.74, 6) is -0.471. The molecule has 0 amide bonds. The van der Waals surface area contributed by atoms with Crippen LogP contribution in [0.2, 0.25) is 0 Å². The number of halogens is 1. The van der Waals surface area contributed by atoms with Crippen molar-refractivity contribution in [3.05, 3.63) is 60.0 Å².